The number of nitrogens with two attached hydrogens (primary N) is 1. The lowest BCUT2D eigenvalue weighted by molar-refractivity contribution is 0.357. The van der Waals surface area contributed by atoms with Crippen LogP contribution in [0.2, 0.25) is 0 Å². The van der Waals surface area contributed by atoms with E-state index in [2.05, 4.69) is 35.1 Å². The molecule has 0 bridgehead atoms. The average molecular weight is 269 g/mol. The van der Waals surface area contributed by atoms with Crippen molar-refractivity contribution in [3.8, 4) is 5.75 Å². The fourth-order valence-electron chi connectivity index (χ4n) is 2.68. The SMILES string of the molecule is Cc1cc(N)cnc1N(C)Cc1ccc2c(c1)CCO2. The number of rotatable bonds is 3. The molecule has 0 spiro atoms. The second kappa shape index (κ2) is 5.04. The Morgan fingerprint density at radius 1 is 1.35 bits per heavy atom. The van der Waals surface area contributed by atoms with Crippen molar-refractivity contribution < 1.29 is 4.74 Å². The number of pyridine rings is 1. The fraction of sp³-hybridized carbons (Fsp3) is 0.312. The van der Waals surface area contributed by atoms with Crippen molar-refractivity contribution in [1.82, 2.24) is 4.98 Å². The summed E-state index contributed by atoms with van der Waals surface area (Å²) in [5.41, 5.74) is 10.1. The molecular weight excluding hydrogens is 250 g/mol. The maximum absolute atomic E-state index is 5.75. The molecule has 0 amide bonds. The summed E-state index contributed by atoms with van der Waals surface area (Å²) >= 11 is 0. The van der Waals surface area contributed by atoms with Gasteiger partial charge in [-0.1, -0.05) is 12.1 Å². The zero-order valence-electron chi connectivity index (χ0n) is 11.9. The number of hydrogen-bond acceptors (Lipinski definition) is 4. The number of hydrogen-bond donors (Lipinski definition) is 1. The quantitative estimate of drug-likeness (QED) is 0.930. The lowest BCUT2D eigenvalue weighted by atomic mass is 10.1. The van der Waals surface area contributed by atoms with E-state index in [4.69, 9.17) is 10.5 Å². The van der Waals surface area contributed by atoms with Gasteiger partial charge < -0.3 is 15.4 Å². The first-order valence-electron chi connectivity index (χ1n) is 6.81. The Hall–Kier alpha value is -2.23. The molecule has 0 saturated carbocycles. The third kappa shape index (κ3) is 2.41. The molecule has 0 saturated heterocycles. The third-order valence-electron chi connectivity index (χ3n) is 3.61. The normalized spacial score (nSPS) is 12.9. The number of aromatic nitrogens is 1. The predicted molar refractivity (Wildman–Crippen MR) is 81.1 cm³/mol. The lowest BCUT2D eigenvalue weighted by Crippen LogP contribution is -2.19. The number of anilines is 2. The van der Waals surface area contributed by atoms with Gasteiger partial charge in [-0.05, 0) is 35.7 Å². The van der Waals surface area contributed by atoms with Crippen LogP contribution < -0.4 is 15.4 Å². The van der Waals surface area contributed by atoms with E-state index in [1.54, 1.807) is 6.20 Å². The van der Waals surface area contributed by atoms with Crippen molar-refractivity contribution in [3.63, 3.8) is 0 Å². The van der Waals surface area contributed by atoms with E-state index < -0.39 is 0 Å². The molecule has 0 fully saturated rings. The van der Waals surface area contributed by atoms with E-state index in [0.717, 1.165) is 36.7 Å². The molecular formula is C16H19N3O. The maximum Gasteiger partial charge on any atom is 0.131 e. The first-order valence-corrected chi connectivity index (χ1v) is 6.81. The number of nitrogens with zero attached hydrogens (tertiary/aromatic N) is 2. The van der Waals surface area contributed by atoms with E-state index in [-0.39, 0.29) is 0 Å². The van der Waals surface area contributed by atoms with Crippen molar-refractivity contribution in [2.75, 3.05) is 24.3 Å². The fourth-order valence-corrected chi connectivity index (χ4v) is 2.68. The summed E-state index contributed by atoms with van der Waals surface area (Å²) in [5, 5.41) is 0. The summed E-state index contributed by atoms with van der Waals surface area (Å²) in [7, 11) is 2.05. The Balaban J connectivity index is 1.80. The second-order valence-electron chi connectivity index (χ2n) is 5.31. The van der Waals surface area contributed by atoms with Gasteiger partial charge in [0.1, 0.15) is 11.6 Å². The molecule has 4 heteroatoms. The molecule has 0 unspecified atom stereocenters. The summed E-state index contributed by atoms with van der Waals surface area (Å²) < 4.78 is 5.54. The third-order valence-corrected chi connectivity index (χ3v) is 3.61. The van der Waals surface area contributed by atoms with Crippen LogP contribution in [0.15, 0.2) is 30.5 Å². The largest absolute Gasteiger partial charge is 0.493 e. The summed E-state index contributed by atoms with van der Waals surface area (Å²) in [4.78, 5) is 6.57. The molecule has 0 radical (unpaired) electrons. The lowest BCUT2D eigenvalue weighted by Gasteiger charge is -2.20. The van der Waals surface area contributed by atoms with Crippen LogP contribution in [0.4, 0.5) is 11.5 Å². The summed E-state index contributed by atoms with van der Waals surface area (Å²) in [6.45, 7) is 3.66. The van der Waals surface area contributed by atoms with E-state index in [0.29, 0.717) is 5.69 Å². The first-order chi connectivity index (χ1) is 9.63. The van der Waals surface area contributed by atoms with Crippen molar-refractivity contribution in [3.05, 3.63) is 47.2 Å². The molecule has 2 aromatic rings. The van der Waals surface area contributed by atoms with Gasteiger partial charge in [-0.15, -0.1) is 0 Å². The van der Waals surface area contributed by atoms with Crippen molar-refractivity contribution in [1.29, 1.82) is 0 Å². The number of ether oxygens (including phenoxy) is 1. The molecule has 2 N–H and O–H groups in total. The van der Waals surface area contributed by atoms with Crippen molar-refractivity contribution in [2.45, 2.75) is 19.9 Å². The van der Waals surface area contributed by atoms with E-state index in [1.807, 2.05) is 13.0 Å². The molecule has 2 heterocycles. The molecule has 0 atom stereocenters. The highest BCUT2D eigenvalue weighted by Gasteiger charge is 2.13. The highest BCUT2D eigenvalue weighted by atomic mass is 16.5. The summed E-state index contributed by atoms with van der Waals surface area (Å²) in [6, 6.07) is 8.36. The average Bonchev–Trinajstić information content (AvgIpc) is 2.85. The van der Waals surface area contributed by atoms with Gasteiger partial charge in [0.2, 0.25) is 0 Å². The van der Waals surface area contributed by atoms with Crippen LogP contribution in [0, 0.1) is 6.92 Å². The highest BCUT2D eigenvalue weighted by Crippen LogP contribution is 2.27. The zero-order chi connectivity index (χ0) is 14.1. The van der Waals surface area contributed by atoms with Crippen molar-refractivity contribution >= 4 is 11.5 Å². The molecule has 1 aliphatic rings. The maximum atomic E-state index is 5.75. The summed E-state index contributed by atoms with van der Waals surface area (Å²) in [6.07, 6.45) is 2.71. The second-order valence-corrected chi connectivity index (χ2v) is 5.31. The van der Waals surface area contributed by atoms with E-state index in [9.17, 15) is 0 Å². The van der Waals surface area contributed by atoms with Gasteiger partial charge in [-0.25, -0.2) is 4.98 Å². The van der Waals surface area contributed by atoms with Gasteiger partial charge >= 0.3 is 0 Å². The minimum atomic E-state index is 0.703. The Kier molecular flexibility index (Phi) is 3.22. The summed E-state index contributed by atoms with van der Waals surface area (Å²) in [5.74, 6) is 1.99. The Labute approximate surface area is 119 Å². The smallest absolute Gasteiger partial charge is 0.131 e. The Morgan fingerprint density at radius 3 is 3.00 bits per heavy atom. The molecule has 1 aromatic heterocycles. The van der Waals surface area contributed by atoms with Crippen molar-refractivity contribution in [2.24, 2.45) is 0 Å². The molecule has 1 aliphatic heterocycles. The van der Waals surface area contributed by atoms with E-state index in [1.165, 1.54) is 11.1 Å². The van der Waals surface area contributed by atoms with Crippen LogP contribution in [0.3, 0.4) is 0 Å². The Morgan fingerprint density at radius 2 is 2.20 bits per heavy atom. The first kappa shape index (κ1) is 12.8. The molecule has 1 aromatic carbocycles. The highest BCUT2D eigenvalue weighted by molar-refractivity contribution is 5.52. The number of aryl methyl sites for hydroxylation is 1. The van der Waals surface area contributed by atoms with Crippen LogP contribution in [-0.2, 0) is 13.0 Å². The predicted octanol–water partition coefficient (Wildman–Crippen LogP) is 2.54. The van der Waals surface area contributed by atoms with Gasteiger partial charge in [0.15, 0.2) is 0 Å². The van der Waals surface area contributed by atoms with E-state index >= 15 is 0 Å². The monoisotopic (exact) mass is 269 g/mol. The van der Waals surface area contributed by atoms with Gasteiger partial charge in [-0.3, -0.25) is 0 Å². The number of nitrogen functional groups attached to an aromatic ring is 1. The van der Waals surface area contributed by atoms with Gasteiger partial charge in [-0.2, -0.15) is 0 Å². The molecule has 4 nitrogen and oxygen atoms in total. The topological polar surface area (TPSA) is 51.4 Å². The minimum absolute atomic E-state index is 0.703. The van der Waals surface area contributed by atoms with Gasteiger partial charge in [0.25, 0.3) is 0 Å². The number of benzene rings is 1. The molecule has 3 rings (SSSR count). The van der Waals surface area contributed by atoms with Crippen LogP contribution in [0.25, 0.3) is 0 Å². The molecule has 104 valence electrons. The van der Waals surface area contributed by atoms with Crippen LogP contribution in [0.1, 0.15) is 16.7 Å². The van der Waals surface area contributed by atoms with Gasteiger partial charge in [0, 0.05) is 20.0 Å². The van der Waals surface area contributed by atoms with Gasteiger partial charge in [0.05, 0.1) is 18.5 Å². The van der Waals surface area contributed by atoms with Crippen LogP contribution >= 0.6 is 0 Å². The zero-order valence-corrected chi connectivity index (χ0v) is 11.9. The Bertz CT molecular complexity index is 640. The minimum Gasteiger partial charge on any atom is -0.493 e. The number of fused-ring (bicyclic) bond motifs is 1. The molecule has 20 heavy (non-hydrogen) atoms. The molecule has 0 aliphatic carbocycles. The van der Waals surface area contributed by atoms with Crippen LogP contribution in [-0.4, -0.2) is 18.6 Å². The standard InChI is InChI=1S/C16H19N3O/c1-11-7-14(17)9-18-16(11)19(2)10-12-3-4-15-13(8-12)5-6-20-15/h3-4,7-9H,5-6,10,17H2,1-2H3. The van der Waals surface area contributed by atoms with Crippen LogP contribution in [0.5, 0.6) is 5.75 Å².